The molecule has 0 spiro atoms. The van der Waals surface area contributed by atoms with Crippen LogP contribution in [0, 0.1) is 0 Å². The second-order valence-electron chi connectivity index (χ2n) is 9.76. The summed E-state index contributed by atoms with van der Waals surface area (Å²) in [6.07, 6.45) is 9.67. The molecule has 0 bridgehead atoms. The average molecular weight is 627 g/mol. The highest BCUT2D eigenvalue weighted by Crippen LogP contribution is 2.50. The van der Waals surface area contributed by atoms with Crippen LogP contribution in [0.25, 0.3) is 0 Å². The van der Waals surface area contributed by atoms with E-state index in [1.54, 1.807) is 36.4 Å². The van der Waals surface area contributed by atoms with Crippen molar-refractivity contribution < 1.29 is 20.4 Å². The maximum absolute atomic E-state index is 11.4. The zero-order valence-electron chi connectivity index (χ0n) is 23.8. The molecule has 43 heavy (non-hydrogen) atoms. The van der Waals surface area contributed by atoms with Gasteiger partial charge in [0.1, 0.15) is 23.0 Å². The summed E-state index contributed by atoms with van der Waals surface area (Å²) in [5.41, 5.74) is 3.86. The smallest absolute Gasteiger partial charge is 0.143 e. The molecule has 4 rings (SSSR count). The third kappa shape index (κ3) is 8.14. The topological polar surface area (TPSA) is 80.9 Å². The fourth-order valence-corrected chi connectivity index (χ4v) is 7.65. The number of hydrogen-bond donors (Lipinski definition) is 4. The van der Waals surface area contributed by atoms with E-state index in [0.29, 0.717) is 55.1 Å². The maximum atomic E-state index is 11.4. The highest BCUT2D eigenvalue weighted by Gasteiger charge is 2.19. The number of phenolic OH excluding ortho intramolecular Hbond substituents is 4. The largest absolute Gasteiger partial charge is 0.507 e. The van der Waals surface area contributed by atoms with Crippen LogP contribution >= 0.6 is 35.3 Å². The highest BCUT2D eigenvalue weighted by molar-refractivity contribution is 8.01. The molecule has 0 atom stereocenters. The maximum Gasteiger partial charge on any atom is 0.143 e. The summed E-state index contributed by atoms with van der Waals surface area (Å²) < 4.78 is 0. The van der Waals surface area contributed by atoms with Crippen molar-refractivity contribution >= 4 is 35.3 Å². The van der Waals surface area contributed by atoms with Crippen molar-refractivity contribution in [1.29, 1.82) is 0 Å². The molecule has 7 heteroatoms. The SMILES string of the molecule is C=CCc1ccc(O)c(Sc2cc(CC=C)cc(Sc3cc(CC=C)cc(Sc4cc(CC=C)ccc4O)c3O)c2O)c1. The first-order valence-electron chi connectivity index (χ1n) is 13.6. The van der Waals surface area contributed by atoms with Gasteiger partial charge >= 0.3 is 0 Å². The molecule has 0 unspecified atom stereocenters. The number of rotatable bonds is 14. The Bertz CT molecular complexity index is 1550. The van der Waals surface area contributed by atoms with E-state index >= 15 is 0 Å². The Balaban J connectivity index is 1.76. The second kappa shape index (κ2) is 15.0. The molecule has 0 aliphatic rings. The Morgan fingerprint density at radius 3 is 1.02 bits per heavy atom. The number of hydrogen-bond acceptors (Lipinski definition) is 7. The molecule has 0 heterocycles. The summed E-state index contributed by atoms with van der Waals surface area (Å²) in [5, 5.41) is 44.0. The molecule has 0 radical (unpaired) electrons. The van der Waals surface area contributed by atoms with Gasteiger partial charge in [0.25, 0.3) is 0 Å². The molecule has 4 N–H and O–H groups in total. The number of aromatic hydroxyl groups is 4. The molecule has 220 valence electrons. The first kappa shape index (κ1) is 32.0. The fraction of sp³-hybridized carbons (Fsp3) is 0.111. The van der Waals surface area contributed by atoms with Crippen LogP contribution in [0.5, 0.6) is 23.0 Å². The van der Waals surface area contributed by atoms with Crippen molar-refractivity contribution in [2.75, 3.05) is 0 Å². The minimum atomic E-state index is 0.0498. The van der Waals surface area contributed by atoms with E-state index in [1.807, 2.05) is 48.5 Å². The van der Waals surface area contributed by atoms with Crippen molar-refractivity contribution in [2.24, 2.45) is 0 Å². The van der Waals surface area contributed by atoms with Crippen LogP contribution in [0.2, 0.25) is 0 Å². The molecular formula is C36H34O4S3. The van der Waals surface area contributed by atoms with E-state index in [1.165, 1.54) is 35.3 Å². The van der Waals surface area contributed by atoms with Gasteiger partial charge in [0.2, 0.25) is 0 Å². The number of phenols is 4. The Hall–Kier alpha value is -3.91. The zero-order chi connectivity index (χ0) is 30.9. The Labute approximate surface area is 266 Å². The van der Waals surface area contributed by atoms with Gasteiger partial charge in [-0.05, 0) is 96.5 Å². The van der Waals surface area contributed by atoms with Crippen molar-refractivity contribution in [3.05, 3.63) is 134 Å². The van der Waals surface area contributed by atoms with Gasteiger partial charge < -0.3 is 20.4 Å². The molecule has 0 aromatic heterocycles. The van der Waals surface area contributed by atoms with Crippen LogP contribution in [0.1, 0.15) is 22.3 Å². The number of benzene rings is 4. The van der Waals surface area contributed by atoms with E-state index in [4.69, 9.17) is 0 Å². The monoisotopic (exact) mass is 626 g/mol. The van der Waals surface area contributed by atoms with Gasteiger partial charge in [0, 0.05) is 0 Å². The highest BCUT2D eigenvalue weighted by atomic mass is 32.2. The van der Waals surface area contributed by atoms with Crippen LogP contribution in [-0.2, 0) is 25.7 Å². The van der Waals surface area contributed by atoms with Crippen LogP contribution in [-0.4, -0.2) is 20.4 Å². The fourth-order valence-electron chi connectivity index (χ4n) is 4.38. The van der Waals surface area contributed by atoms with Crippen molar-refractivity contribution in [3.8, 4) is 23.0 Å². The Morgan fingerprint density at radius 1 is 0.419 bits per heavy atom. The van der Waals surface area contributed by atoms with Crippen LogP contribution in [0.3, 0.4) is 0 Å². The lowest BCUT2D eigenvalue weighted by Crippen LogP contribution is -1.91. The first-order chi connectivity index (χ1) is 20.8. The number of allylic oxidation sites excluding steroid dienone is 4. The zero-order valence-corrected chi connectivity index (χ0v) is 26.2. The summed E-state index contributed by atoms with van der Waals surface area (Å²) >= 11 is 3.81. The standard InChI is InChI=1S/C36H34O4S3/c1-5-9-23-13-15-27(37)29(17-23)41-31-19-25(11-7-3)21-33(35(31)39)43-34-22-26(12-8-4)20-32(36(34)40)42-30-18-24(10-6-2)14-16-28(30)38/h5-8,13-22,37-40H,1-4,9-12H2. The normalized spacial score (nSPS) is 10.8. The van der Waals surface area contributed by atoms with Gasteiger partial charge in [-0.15, -0.1) is 26.3 Å². The first-order valence-corrected chi connectivity index (χ1v) is 16.0. The second-order valence-corrected chi connectivity index (χ2v) is 13.0. The lowest BCUT2D eigenvalue weighted by molar-refractivity contribution is 0.445. The predicted molar refractivity (Wildman–Crippen MR) is 180 cm³/mol. The summed E-state index contributed by atoms with van der Waals surface area (Å²) in [4.78, 5) is 3.51. The molecule has 0 amide bonds. The Kier molecular flexibility index (Phi) is 11.2. The average Bonchev–Trinajstić information content (AvgIpc) is 2.97. The van der Waals surface area contributed by atoms with Crippen molar-refractivity contribution in [3.63, 3.8) is 0 Å². The van der Waals surface area contributed by atoms with Crippen LogP contribution < -0.4 is 0 Å². The summed E-state index contributed by atoms with van der Waals surface area (Å²) in [6, 6.07) is 18.3. The van der Waals surface area contributed by atoms with E-state index in [2.05, 4.69) is 26.3 Å². The third-order valence-corrected chi connectivity index (χ3v) is 9.65. The molecular weight excluding hydrogens is 593 g/mol. The van der Waals surface area contributed by atoms with Gasteiger partial charge in [-0.3, -0.25) is 0 Å². The van der Waals surface area contributed by atoms with E-state index in [-0.39, 0.29) is 23.0 Å². The molecule has 4 nitrogen and oxygen atoms in total. The van der Waals surface area contributed by atoms with Gasteiger partial charge in [0.15, 0.2) is 0 Å². The molecule has 0 aliphatic heterocycles. The Morgan fingerprint density at radius 2 is 0.698 bits per heavy atom. The lowest BCUT2D eigenvalue weighted by atomic mass is 10.1. The third-order valence-electron chi connectivity index (χ3n) is 6.43. The van der Waals surface area contributed by atoms with E-state index < -0.39 is 0 Å². The quantitative estimate of drug-likeness (QED) is 0.104. The molecule has 0 saturated carbocycles. The van der Waals surface area contributed by atoms with Crippen LogP contribution in [0.4, 0.5) is 0 Å². The van der Waals surface area contributed by atoms with E-state index in [0.717, 1.165) is 22.3 Å². The summed E-state index contributed by atoms with van der Waals surface area (Å²) in [6.45, 7) is 15.3. The van der Waals surface area contributed by atoms with E-state index in [9.17, 15) is 20.4 Å². The molecule has 4 aromatic carbocycles. The minimum absolute atomic E-state index is 0.0498. The van der Waals surface area contributed by atoms with Gasteiger partial charge in [0.05, 0.1) is 29.4 Å². The molecule has 0 saturated heterocycles. The molecule has 4 aromatic rings. The predicted octanol–water partition coefficient (Wildman–Crippen LogP) is 9.88. The minimum Gasteiger partial charge on any atom is -0.507 e. The van der Waals surface area contributed by atoms with Gasteiger partial charge in [-0.1, -0.05) is 71.7 Å². The lowest BCUT2D eigenvalue weighted by Gasteiger charge is -2.16. The van der Waals surface area contributed by atoms with Gasteiger partial charge in [-0.2, -0.15) is 0 Å². The summed E-state index contributed by atoms with van der Waals surface area (Å²) in [5.74, 6) is 0.345. The van der Waals surface area contributed by atoms with Crippen molar-refractivity contribution in [1.82, 2.24) is 0 Å². The van der Waals surface area contributed by atoms with Crippen LogP contribution in [0.15, 0.2) is 141 Å². The molecule has 0 aliphatic carbocycles. The molecule has 0 fully saturated rings. The van der Waals surface area contributed by atoms with Crippen molar-refractivity contribution in [2.45, 2.75) is 55.1 Å². The van der Waals surface area contributed by atoms with Gasteiger partial charge in [-0.25, -0.2) is 0 Å². The summed E-state index contributed by atoms with van der Waals surface area (Å²) in [7, 11) is 0.